The molecule has 0 spiro atoms. The normalized spacial score (nSPS) is 15.1. The van der Waals surface area contributed by atoms with E-state index in [0.29, 0.717) is 11.5 Å². The smallest absolute Gasteiger partial charge is 0.178 e. The molecule has 3 heteroatoms. The van der Waals surface area contributed by atoms with Gasteiger partial charge in [-0.1, -0.05) is 146 Å². The number of fused-ring (bicyclic) bond motifs is 6. The van der Waals surface area contributed by atoms with Crippen molar-refractivity contribution < 1.29 is 9.47 Å². The van der Waals surface area contributed by atoms with Gasteiger partial charge in [0, 0.05) is 11.1 Å². The first-order chi connectivity index (χ1) is 23.2. The van der Waals surface area contributed by atoms with Gasteiger partial charge in [-0.25, -0.2) is 0 Å². The summed E-state index contributed by atoms with van der Waals surface area (Å²) in [5.41, 5.74) is 11.3. The van der Waals surface area contributed by atoms with Crippen molar-refractivity contribution >= 4 is 11.3 Å². The SMILES string of the molecule is N=C(C1=CC=C(c2cccc3c2Oc2c(ccc4c2-c2ccccc2C4(c2ccccc2)c2ccccc2)O3)CC1)c1ccccc1. The number of para-hydroxylation sites is 1. The molecule has 0 radical (unpaired) electrons. The van der Waals surface area contributed by atoms with Gasteiger partial charge in [0.1, 0.15) is 0 Å². The predicted octanol–water partition coefficient (Wildman–Crippen LogP) is 11.1. The number of hydrogen-bond donors (Lipinski definition) is 1. The molecule has 6 aromatic carbocycles. The van der Waals surface area contributed by atoms with E-state index in [1.54, 1.807) is 0 Å². The van der Waals surface area contributed by atoms with E-state index in [4.69, 9.17) is 14.9 Å². The van der Waals surface area contributed by atoms with Gasteiger partial charge in [-0.3, -0.25) is 5.41 Å². The fourth-order valence-corrected chi connectivity index (χ4v) is 7.70. The maximum Gasteiger partial charge on any atom is 0.178 e. The molecular formula is C44H31NO2. The zero-order valence-electron chi connectivity index (χ0n) is 25.7. The van der Waals surface area contributed by atoms with Crippen LogP contribution in [0.3, 0.4) is 0 Å². The number of rotatable bonds is 5. The van der Waals surface area contributed by atoms with Crippen LogP contribution in [0.2, 0.25) is 0 Å². The molecule has 0 amide bonds. The highest BCUT2D eigenvalue weighted by Crippen LogP contribution is 2.62. The van der Waals surface area contributed by atoms with E-state index in [1.165, 1.54) is 27.8 Å². The van der Waals surface area contributed by atoms with Gasteiger partial charge in [-0.2, -0.15) is 0 Å². The van der Waals surface area contributed by atoms with Crippen LogP contribution in [0.25, 0.3) is 16.7 Å². The van der Waals surface area contributed by atoms with E-state index in [1.807, 2.05) is 42.5 Å². The summed E-state index contributed by atoms with van der Waals surface area (Å²) < 4.78 is 13.7. The molecule has 0 saturated carbocycles. The molecule has 224 valence electrons. The van der Waals surface area contributed by atoms with Crippen molar-refractivity contribution in [3.63, 3.8) is 0 Å². The van der Waals surface area contributed by atoms with Gasteiger partial charge >= 0.3 is 0 Å². The Balaban J connectivity index is 1.19. The average molecular weight is 606 g/mol. The summed E-state index contributed by atoms with van der Waals surface area (Å²) in [6, 6.07) is 50.7. The first kappa shape index (κ1) is 27.4. The molecule has 3 aliphatic rings. The van der Waals surface area contributed by atoms with Crippen LogP contribution < -0.4 is 9.47 Å². The standard InChI is InChI=1S/C44H31NO2/c45-41(30-13-4-1-5-14-30)31-25-23-29(24-26-31)34-20-12-22-38-42(34)47-43-39(46-38)28-27-37-40(43)35-19-10-11-21-36(35)44(37,32-15-6-2-7-16-32)33-17-8-3-9-18-33/h1-23,25,27-28,45H,24,26H2. The van der Waals surface area contributed by atoms with E-state index < -0.39 is 5.41 Å². The molecule has 1 heterocycles. The summed E-state index contributed by atoms with van der Waals surface area (Å²) in [5.74, 6) is 2.92. The fourth-order valence-electron chi connectivity index (χ4n) is 7.70. The highest BCUT2D eigenvalue weighted by molar-refractivity contribution is 6.11. The van der Waals surface area contributed by atoms with Gasteiger partial charge < -0.3 is 9.47 Å². The maximum absolute atomic E-state index is 8.77. The molecular weight excluding hydrogens is 574 g/mol. The number of allylic oxidation sites excluding steroid dienone is 4. The van der Waals surface area contributed by atoms with Crippen molar-refractivity contribution in [1.29, 1.82) is 5.41 Å². The van der Waals surface area contributed by atoms with Gasteiger partial charge in [-0.05, 0) is 69.5 Å². The molecule has 0 atom stereocenters. The third-order valence-electron chi connectivity index (χ3n) is 9.82. The lowest BCUT2D eigenvalue weighted by Crippen LogP contribution is -2.28. The second-order valence-corrected chi connectivity index (χ2v) is 12.3. The van der Waals surface area contributed by atoms with Crippen LogP contribution in [-0.4, -0.2) is 5.71 Å². The van der Waals surface area contributed by atoms with Crippen molar-refractivity contribution in [1.82, 2.24) is 0 Å². The van der Waals surface area contributed by atoms with Crippen molar-refractivity contribution in [2.24, 2.45) is 0 Å². The molecule has 1 aliphatic heterocycles. The minimum atomic E-state index is -0.511. The first-order valence-electron chi connectivity index (χ1n) is 16.1. The van der Waals surface area contributed by atoms with E-state index in [2.05, 4.69) is 115 Å². The van der Waals surface area contributed by atoms with Crippen LogP contribution in [-0.2, 0) is 5.41 Å². The Bertz CT molecular complexity index is 2210. The Morgan fingerprint density at radius 2 is 1.15 bits per heavy atom. The zero-order valence-corrected chi connectivity index (χ0v) is 25.7. The van der Waals surface area contributed by atoms with E-state index >= 15 is 0 Å². The van der Waals surface area contributed by atoms with Gasteiger partial charge in [0.2, 0.25) is 0 Å². The summed E-state index contributed by atoms with van der Waals surface area (Å²) in [4.78, 5) is 0. The largest absolute Gasteiger partial charge is 0.449 e. The summed E-state index contributed by atoms with van der Waals surface area (Å²) in [6.07, 6.45) is 5.84. The second kappa shape index (κ2) is 10.9. The van der Waals surface area contributed by atoms with Crippen LogP contribution >= 0.6 is 0 Å². The van der Waals surface area contributed by atoms with E-state index in [9.17, 15) is 0 Å². The second-order valence-electron chi connectivity index (χ2n) is 12.3. The topological polar surface area (TPSA) is 42.3 Å². The average Bonchev–Trinajstić information content (AvgIpc) is 3.46. The number of benzene rings is 6. The lowest BCUT2D eigenvalue weighted by Gasteiger charge is -2.34. The molecule has 1 N–H and O–H groups in total. The third kappa shape index (κ3) is 4.17. The summed E-state index contributed by atoms with van der Waals surface area (Å²) in [7, 11) is 0. The van der Waals surface area contributed by atoms with Gasteiger partial charge in [0.25, 0.3) is 0 Å². The molecule has 0 saturated heterocycles. The van der Waals surface area contributed by atoms with Crippen molar-refractivity contribution in [2.75, 3.05) is 0 Å². The minimum absolute atomic E-state index is 0.511. The van der Waals surface area contributed by atoms with E-state index in [0.717, 1.165) is 57.9 Å². The maximum atomic E-state index is 8.77. The molecule has 47 heavy (non-hydrogen) atoms. The van der Waals surface area contributed by atoms with Gasteiger partial charge in [0.15, 0.2) is 23.0 Å². The highest BCUT2D eigenvalue weighted by atomic mass is 16.6. The van der Waals surface area contributed by atoms with E-state index in [-0.39, 0.29) is 0 Å². The Morgan fingerprint density at radius 3 is 1.85 bits per heavy atom. The molecule has 0 unspecified atom stereocenters. The van der Waals surface area contributed by atoms with Crippen LogP contribution in [0.1, 0.15) is 46.2 Å². The van der Waals surface area contributed by atoms with Gasteiger partial charge in [-0.15, -0.1) is 0 Å². The molecule has 3 nitrogen and oxygen atoms in total. The quantitative estimate of drug-likeness (QED) is 0.198. The summed E-state index contributed by atoms with van der Waals surface area (Å²) in [5, 5.41) is 8.77. The highest BCUT2D eigenvalue weighted by Gasteiger charge is 2.48. The third-order valence-corrected chi connectivity index (χ3v) is 9.82. The summed E-state index contributed by atoms with van der Waals surface area (Å²) >= 11 is 0. The van der Waals surface area contributed by atoms with Crippen LogP contribution in [0.5, 0.6) is 23.0 Å². The monoisotopic (exact) mass is 605 g/mol. The minimum Gasteiger partial charge on any atom is -0.449 e. The van der Waals surface area contributed by atoms with Crippen molar-refractivity contribution in [3.05, 3.63) is 197 Å². The Kier molecular flexibility index (Phi) is 6.32. The summed E-state index contributed by atoms with van der Waals surface area (Å²) in [6.45, 7) is 0. The van der Waals surface area contributed by atoms with Crippen LogP contribution in [0, 0.1) is 5.41 Å². The Morgan fingerprint density at radius 1 is 0.511 bits per heavy atom. The van der Waals surface area contributed by atoms with Crippen LogP contribution in [0.4, 0.5) is 0 Å². The molecule has 0 aromatic heterocycles. The Hall–Kier alpha value is -5.93. The zero-order chi connectivity index (χ0) is 31.4. The van der Waals surface area contributed by atoms with Crippen molar-refractivity contribution in [2.45, 2.75) is 18.3 Å². The molecule has 6 aromatic rings. The number of nitrogens with one attached hydrogen (secondary N) is 1. The number of hydrogen-bond acceptors (Lipinski definition) is 3. The first-order valence-corrected chi connectivity index (χ1v) is 16.1. The lowest BCUT2D eigenvalue weighted by molar-refractivity contribution is 0.359. The number of ether oxygens (including phenoxy) is 2. The molecule has 0 fully saturated rings. The van der Waals surface area contributed by atoms with Crippen molar-refractivity contribution in [3.8, 4) is 34.1 Å². The Labute approximate surface area is 274 Å². The lowest BCUT2D eigenvalue weighted by atomic mass is 9.68. The molecule has 2 aliphatic carbocycles. The predicted molar refractivity (Wildman–Crippen MR) is 189 cm³/mol. The molecule has 0 bridgehead atoms. The van der Waals surface area contributed by atoms with Crippen LogP contribution in [0.15, 0.2) is 163 Å². The fraction of sp³-hybridized carbons (Fsp3) is 0.0682. The van der Waals surface area contributed by atoms with Gasteiger partial charge in [0.05, 0.1) is 11.1 Å². The molecule has 9 rings (SSSR count).